The zero-order valence-corrected chi connectivity index (χ0v) is 16.6. The first kappa shape index (κ1) is 19.2. The molecule has 1 amide bonds. The molecule has 4 rings (SSSR count). The Morgan fingerprint density at radius 2 is 1.93 bits per heavy atom. The second-order valence-electron chi connectivity index (χ2n) is 6.74. The second kappa shape index (κ2) is 7.34. The third kappa shape index (κ3) is 3.62. The van der Waals surface area contributed by atoms with Gasteiger partial charge in [0.15, 0.2) is 5.69 Å². The lowest BCUT2D eigenvalue weighted by molar-refractivity contribution is 0.102. The van der Waals surface area contributed by atoms with Crippen molar-refractivity contribution in [1.82, 2.24) is 9.78 Å². The summed E-state index contributed by atoms with van der Waals surface area (Å²) in [5.74, 6) is -0.104. The predicted octanol–water partition coefficient (Wildman–Crippen LogP) is 2.27. The number of nitrogens with zero attached hydrogens (tertiary/aromatic N) is 2. The minimum atomic E-state index is -3.92. The first-order valence-electron chi connectivity index (χ1n) is 9.07. The van der Waals surface area contributed by atoms with Gasteiger partial charge in [0.25, 0.3) is 5.91 Å². The first-order chi connectivity index (χ1) is 13.9. The fourth-order valence-corrected chi connectivity index (χ4v) is 4.09. The number of rotatable bonds is 5. The quantitative estimate of drug-likeness (QED) is 0.667. The molecule has 1 aliphatic carbocycles. The highest BCUT2D eigenvalue weighted by Gasteiger charge is 2.27. The number of ether oxygens (including phenoxy) is 1. The molecule has 0 saturated heterocycles. The summed E-state index contributed by atoms with van der Waals surface area (Å²) in [4.78, 5) is 12.9. The highest BCUT2D eigenvalue weighted by Crippen LogP contribution is 2.31. The summed E-state index contributed by atoms with van der Waals surface area (Å²) >= 11 is 0. The molecule has 8 nitrogen and oxygen atoms in total. The lowest BCUT2D eigenvalue weighted by Gasteiger charge is -2.11. The van der Waals surface area contributed by atoms with Crippen molar-refractivity contribution >= 4 is 21.6 Å². The van der Waals surface area contributed by atoms with Crippen LogP contribution in [0.25, 0.3) is 5.69 Å². The number of para-hydroxylation sites is 1. The van der Waals surface area contributed by atoms with Gasteiger partial charge >= 0.3 is 0 Å². The summed E-state index contributed by atoms with van der Waals surface area (Å²) < 4.78 is 30.4. The molecule has 1 heterocycles. The summed E-state index contributed by atoms with van der Waals surface area (Å²) in [6.45, 7) is 0. The molecule has 0 fully saturated rings. The van der Waals surface area contributed by atoms with E-state index in [2.05, 4.69) is 10.4 Å². The zero-order chi connectivity index (χ0) is 20.6. The largest absolute Gasteiger partial charge is 0.495 e. The topological polar surface area (TPSA) is 116 Å². The van der Waals surface area contributed by atoms with Crippen molar-refractivity contribution in [3.63, 3.8) is 0 Å². The molecule has 3 N–H and O–H groups in total. The number of amides is 1. The SMILES string of the molecule is COc1ccc(S(N)(=O)=O)cc1NC(=O)c1nn(-c2ccccc2)c2c1CCC2. The minimum absolute atomic E-state index is 0.117. The van der Waals surface area contributed by atoms with Gasteiger partial charge in [-0.1, -0.05) is 18.2 Å². The Bertz CT molecular complexity index is 1190. The monoisotopic (exact) mass is 412 g/mol. The third-order valence-corrected chi connectivity index (χ3v) is 5.80. The van der Waals surface area contributed by atoms with Crippen LogP contribution in [0.15, 0.2) is 53.4 Å². The fourth-order valence-electron chi connectivity index (χ4n) is 3.55. The van der Waals surface area contributed by atoms with Gasteiger partial charge in [0.05, 0.1) is 23.4 Å². The molecule has 0 radical (unpaired) electrons. The number of nitrogens with two attached hydrogens (primary N) is 1. The summed E-state index contributed by atoms with van der Waals surface area (Å²) in [6.07, 6.45) is 2.55. The van der Waals surface area contributed by atoms with Crippen LogP contribution in [0.5, 0.6) is 5.75 Å². The Kier molecular flexibility index (Phi) is 4.85. The number of fused-ring (bicyclic) bond motifs is 1. The molecule has 3 aromatic rings. The second-order valence-corrected chi connectivity index (χ2v) is 8.30. The van der Waals surface area contributed by atoms with E-state index in [9.17, 15) is 13.2 Å². The van der Waals surface area contributed by atoms with Gasteiger partial charge in [0.2, 0.25) is 10.0 Å². The van der Waals surface area contributed by atoms with E-state index in [-0.39, 0.29) is 10.6 Å². The molecule has 0 bridgehead atoms. The molecule has 2 aromatic carbocycles. The number of anilines is 1. The number of methoxy groups -OCH3 is 1. The standard InChI is InChI=1S/C20H20N4O4S/c1-28-18-11-10-14(29(21,26)27)12-16(18)22-20(25)19-15-8-5-9-17(15)24(23-19)13-6-3-2-4-7-13/h2-4,6-7,10-12H,5,8-9H2,1H3,(H,22,25)(H2,21,26,27). The molecule has 29 heavy (non-hydrogen) atoms. The molecule has 1 aliphatic rings. The average molecular weight is 412 g/mol. The number of carbonyl (C=O) groups is 1. The minimum Gasteiger partial charge on any atom is -0.495 e. The van der Waals surface area contributed by atoms with Crippen molar-refractivity contribution in [2.24, 2.45) is 5.14 Å². The molecule has 0 aliphatic heterocycles. The van der Waals surface area contributed by atoms with Crippen molar-refractivity contribution in [2.75, 3.05) is 12.4 Å². The van der Waals surface area contributed by atoms with E-state index in [0.717, 1.165) is 36.2 Å². The van der Waals surface area contributed by atoms with Crippen molar-refractivity contribution < 1.29 is 17.9 Å². The number of aromatic nitrogens is 2. The van der Waals surface area contributed by atoms with Crippen molar-refractivity contribution in [3.8, 4) is 11.4 Å². The van der Waals surface area contributed by atoms with Gasteiger partial charge < -0.3 is 10.1 Å². The highest BCUT2D eigenvalue weighted by atomic mass is 32.2. The van der Waals surface area contributed by atoms with Crippen LogP contribution in [0.1, 0.15) is 28.2 Å². The van der Waals surface area contributed by atoms with Gasteiger partial charge in [0.1, 0.15) is 5.75 Å². The molecular weight excluding hydrogens is 392 g/mol. The zero-order valence-electron chi connectivity index (χ0n) is 15.8. The van der Waals surface area contributed by atoms with E-state index >= 15 is 0 Å². The predicted molar refractivity (Wildman–Crippen MR) is 108 cm³/mol. The number of nitrogens with one attached hydrogen (secondary N) is 1. The maximum absolute atomic E-state index is 13.0. The van der Waals surface area contributed by atoms with Gasteiger partial charge in [-0.3, -0.25) is 4.79 Å². The Labute approximate surface area is 168 Å². The number of hydrogen-bond acceptors (Lipinski definition) is 5. The maximum Gasteiger partial charge on any atom is 0.276 e. The summed E-state index contributed by atoms with van der Waals surface area (Å²) in [5, 5.41) is 12.5. The molecule has 0 spiro atoms. The Morgan fingerprint density at radius 3 is 2.62 bits per heavy atom. The molecule has 150 valence electrons. The summed E-state index contributed by atoms with van der Waals surface area (Å²) in [6, 6.07) is 13.7. The van der Waals surface area contributed by atoms with Gasteiger partial charge in [-0.2, -0.15) is 5.10 Å². The van der Waals surface area contributed by atoms with Crippen molar-refractivity contribution in [2.45, 2.75) is 24.2 Å². The summed E-state index contributed by atoms with van der Waals surface area (Å²) in [5.41, 5.74) is 3.35. The van der Waals surface area contributed by atoms with Crippen LogP contribution in [-0.4, -0.2) is 31.2 Å². The average Bonchev–Trinajstić information content (AvgIpc) is 3.30. The van der Waals surface area contributed by atoms with E-state index in [0.29, 0.717) is 11.4 Å². The van der Waals surface area contributed by atoms with E-state index in [1.54, 1.807) is 4.68 Å². The number of carbonyl (C=O) groups excluding carboxylic acids is 1. The maximum atomic E-state index is 13.0. The lowest BCUT2D eigenvalue weighted by Crippen LogP contribution is -2.17. The van der Waals surface area contributed by atoms with Gasteiger partial charge in [0, 0.05) is 11.3 Å². The van der Waals surface area contributed by atoms with Crippen molar-refractivity contribution in [3.05, 3.63) is 65.5 Å². The number of primary sulfonamides is 1. The first-order valence-corrected chi connectivity index (χ1v) is 10.6. The molecule has 0 unspecified atom stereocenters. The fraction of sp³-hybridized carbons (Fsp3) is 0.200. The molecule has 0 atom stereocenters. The third-order valence-electron chi connectivity index (χ3n) is 4.89. The van der Waals surface area contributed by atoms with Gasteiger partial charge in [-0.25, -0.2) is 18.2 Å². The molecule has 9 heteroatoms. The lowest BCUT2D eigenvalue weighted by atomic mass is 10.2. The van der Waals surface area contributed by atoms with E-state index in [1.807, 2.05) is 30.3 Å². The van der Waals surface area contributed by atoms with E-state index in [4.69, 9.17) is 9.88 Å². The molecule has 1 aromatic heterocycles. The molecular formula is C20H20N4O4S. The highest BCUT2D eigenvalue weighted by molar-refractivity contribution is 7.89. The smallest absolute Gasteiger partial charge is 0.276 e. The van der Waals surface area contributed by atoms with Crippen molar-refractivity contribution in [1.29, 1.82) is 0 Å². The van der Waals surface area contributed by atoms with Crippen LogP contribution >= 0.6 is 0 Å². The number of hydrogen-bond donors (Lipinski definition) is 2. The van der Waals surface area contributed by atoms with Crippen LogP contribution in [0, 0.1) is 0 Å². The van der Waals surface area contributed by atoms with E-state index < -0.39 is 15.9 Å². The summed E-state index contributed by atoms with van der Waals surface area (Å²) in [7, 11) is -2.48. The van der Waals surface area contributed by atoms with Crippen LogP contribution in [-0.2, 0) is 22.9 Å². The van der Waals surface area contributed by atoms with Gasteiger partial charge in [-0.15, -0.1) is 0 Å². The van der Waals surface area contributed by atoms with Gasteiger partial charge in [-0.05, 0) is 49.6 Å². The van der Waals surface area contributed by atoms with Crippen LogP contribution in [0.4, 0.5) is 5.69 Å². The van der Waals surface area contributed by atoms with E-state index in [1.165, 1.54) is 25.3 Å². The van der Waals surface area contributed by atoms with Crippen LogP contribution in [0.2, 0.25) is 0 Å². The Balaban J connectivity index is 1.72. The van der Waals surface area contributed by atoms with Crippen LogP contribution < -0.4 is 15.2 Å². The number of sulfonamides is 1. The Hall–Kier alpha value is -3.17. The Morgan fingerprint density at radius 1 is 1.17 bits per heavy atom. The normalized spacial score (nSPS) is 13.2. The van der Waals surface area contributed by atoms with Crippen LogP contribution in [0.3, 0.4) is 0 Å². The molecule has 0 saturated carbocycles. The number of benzene rings is 2.